The molecule has 0 bridgehead atoms. The smallest absolute Gasteiger partial charge is 0.183 e. The third kappa shape index (κ3) is 4.55. The summed E-state index contributed by atoms with van der Waals surface area (Å²) >= 11 is 1.61. The van der Waals surface area contributed by atoms with Crippen molar-refractivity contribution in [2.45, 2.75) is 26.3 Å². The lowest BCUT2D eigenvalue weighted by Crippen LogP contribution is -2.00. The summed E-state index contributed by atoms with van der Waals surface area (Å²) in [6.07, 6.45) is 5.84. The number of hydrogen-bond donors (Lipinski definition) is 1. The van der Waals surface area contributed by atoms with Gasteiger partial charge in [0.05, 0.1) is 12.3 Å². The Morgan fingerprint density at radius 3 is 2.79 bits per heavy atom. The maximum absolute atomic E-state index is 5.68. The first-order chi connectivity index (χ1) is 11.8. The van der Waals surface area contributed by atoms with Crippen LogP contribution in [0.3, 0.4) is 0 Å². The molecular weight excluding hydrogens is 318 g/mol. The van der Waals surface area contributed by atoms with Crippen LogP contribution in [0.1, 0.15) is 25.3 Å². The van der Waals surface area contributed by atoms with Gasteiger partial charge in [0, 0.05) is 29.9 Å². The standard InChI is InChI=1S/C19H21N3OS/c1-2-3-11-23-17-8-6-15(7-9-17)12-21-19-22-18(14-24-19)16-5-4-10-20-13-16/h4-10,13-14H,2-3,11-12H2,1H3,(H,21,22). The summed E-state index contributed by atoms with van der Waals surface area (Å²) in [6, 6.07) is 12.2. The third-order valence-corrected chi connectivity index (χ3v) is 4.40. The van der Waals surface area contributed by atoms with Gasteiger partial charge in [-0.05, 0) is 36.2 Å². The van der Waals surface area contributed by atoms with E-state index in [4.69, 9.17) is 4.74 Å². The number of pyridine rings is 1. The Labute approximate surface area is 146 Å². The Hall–Kier alpha value is -2.40. The summed E-state index contributed by atoms with van der Waals surface area (Å²) in [7, 11) is 0. The van der Waals surface area contributed by atoms with E-state index in [2.05, 4.69) is 34.3 Å². The topological polar surface area (TPSA) is 47.0 Å². The molecule has 0 aliphatic carbocycles. The molecule has 24 heavy (non-hydrogen) atoms. The monoisotopic (exact) mass is 339 g/mol. The second-order valence-corrected chi connectivity index (χ2v) is 6.34. The predicted molar refractivity (Wildman–Crippen MR) is 99.5 cm³/mol. The zero-order valence-electron chi connectivity index (χ0n) is 13.7. The molecule has 0 radical (unpaired) electrons. The molecule has 5 heteroatoms. The molecule has 3 aromatic rings. The molecule has 0 aliphatic heterocycles. The van der Waals surface area contributed by atoms with Crippen molar-refractivity contribution in [3.8, 4) is 17.0 Å². The van der Waals surface area contributed by atoms with Crippen molar-refractivity contribution in [2.75, 3.05) is 11.9 Å². The molecule has 2 aromatic heterocycles. The summed E-state index contributed by atoms with van der Waals surface area (Å²) in [5.74, 6) is 0.931. The fraction of sp³-hybridized carbons (Fsp3) is 0.263. The van der Waals surface area contributed by atoms with Gasteiger partial charge in [0.25, 0.3) is 0 Å². The SMILES string of the molecule is CCCCOc1ccc(CNc2nc(-c3cccnc3)cs2)cc1. The van der Waals surface area contributed by atoms with Crippen molar-refractivity contribution in [2.24, 2.45) is 0 Å². The van der Waals surface area contributed by atoms with Gasteiger partial charge >= 0.3 is 0 Å². The van der Waals surface area contributed by atoms with Gasteiger partial charge in [0.15, 0.2) is 5.13 Å². The lowest BCUT2D eigenvalue weighted by Gasteiger charge is -2.07. The van der Waals surface area contributed by atoms with Crippen LogP contribution in [-0.4, -0.2) is 16.6 Å². The lowest BCUT2D eigenvalue weighted by molar-refractivity contribution is 0.309. The molecule has 0 fully saturated rings. The van der Waals surface area contributed by atoms with Gasteiger partial charge in [-0.3, -0.25) is 4.98 Å². The van der Waals surface area contributed by atoms with Gasteiger partial charge in [-0.25, -0.2) is 4.98 Å². The quantitative estimate of drug-likeness (QED) is 0.587. The van der Waals surface area contributed by atoms with Crippen LogP contribution in [0.4, 0.5) is 5.13 Å². The summed E-state index contributed by atoms with van der Waals surface area (Å²) in [5, 5.41) is 6.33. The minimum Gasteiger partial charge on any atom is -0.494 e. The van der Waals surface area contributed by atoms with Crippen LogP contribution in [0.25, 0.3) is 11.3 Å². The maximum atomic E-state index is 5.68. The van der Waals surface area contributed by atoms with Crippen molar-refractivity contribution in [1.29, 1.82) is 0 Å². The highest BCUT2D eigenvalue weighted by Crippen LogP contribution is 2.24. The number of aromatic nitrogens is 2. The number of nitrogens with zero attached hydrogens (tertiary/aromatic N) is 2. The summed E-state index contributed by atoms with van der Waals surface area (Å²) in [5.41, 5.74) is 3.20. The molecule has 0 amide bonds. The molecule has 2 heterocycles. The fourth-order valence-electron chi connectivity index (χ4n) is 2.22. The summed E-state index contributed by atoms with van der Waals surface area (Å²) in [6.45, 7) is 3.69. The van der Waals surface area contributed by atoms with Gasteiger partial charge in [-0.2, -0.15) is 0 Å². The highest BCUT2D eigenvalue weighted by Gasteiger charge is 2.04. The highest BCUT2D eigenvalue weighted by atomic mass is 32.1. The van der Waals surface area contributed by atoms with E-state index in [1.54, 1.807) is 17.5 Å². The second kappa shape index (κ2) is 8.45. The average molecular weight is 339 g/mol. The van der Waals surface area contributed by atoms with Crippen LogP contribution in [-0.2, 0) is 6.54 Å². The molecule has 0 unspecified atom stereocenters. The van der Waals surface area contributed by atoms with E-state index in [1.807, 2.05) is 35.8 Å². The van der Waals surface area contributed by atoms with Crippen molar-refractivity contribution in [1.82, 2.24) is 9.97 Å². The van der Waals surface area contributed by atoms with E-state index in [1.165, 1.54) is 5.56 Å². The number of anilines is 1. The Bertz CT molecular complexity index is 741. The zero-order valence-corrected chi connectivity index (χ0v) is 14.6. The minimum absolute atomic E-state index is 0.745. The molecule has 0 saturated carbocycles. The van der Waals surface area contributed by atoms with Crippen LogP contribution in [0, 0.1) is 0 Å². The van der Waals surface area contributed by atoms with Gasteiger partial charge in [0.1, 0.15) is 5.75 Å². The molecule has 0 spiro atoms. The Morgan fingerprint density at radius 1 is 1.17 bits per heavy atom. The van der Waals surface area contributed by atoms with Gasteiger partial charge < -0.3 is 10.1 Å². The first-order valence-electron chi connectivity index (χ1n) is 8.16. The number of benzene rings is 1. The Morgan fingerprint density at radius 2 is 2.04 bits per heavy atom. The van der Waals surface area contributed by atoms with Crippen molar-refractivity contribution in [3.63, 3.8) is 0 Å². The average Bonchev–Trinajstić information content (AvgIpc) is 3.11. The van der Waals surface area contributed by atoms with E-state index in [9.17, 15) is 0 Å². The number of unbranched alkanes of at least 4 members (excludes halogenated alkanes) is 1. The summed E-state index contributed by atoms with van der Waals surface area (Å²) < 4.78 is 5.68. The molecule has 3 rings (SSSR count). The van der Waals surface area contributed by atoms with E-state index < -0.39 is 0 Å². The van der Waals surface area contributed by atoms with E-state index in [-0.39, 0.29) is 0 Å². The number of thiazole rings is 1. The predicted octanol–water partition coefficient (Wildman–Crippen LogP) is 5.00. The number of nitrogens with one attached hydrogen (secondary N) is 1. The highest BCUT2D eigenvalue weighted by molar-refractivity contribution is 7.14. The van der Waals surface area contributed by atoms with Crippen molar-refractivity contribution < 1.29 is 4.74 Å². The molecular formula is C19H21N3OS. The van der Waals surface area contributed by atoms with Crippen LogP contribution < -0.4 is 10.1 Å². The van der Waals surface area contributed by atoms with E-state index in [0.29, 0.717) is 0 Å². The summed E-state index contributed by atoms with van der Waals surface area (Å²) in [4.78, 5) is 8.74. The molecule has 0 atom stereocenters. The second-order valence-electron chi connectivity index (χ2n) is 5.48. The van der Waals surface area contributed by atoms with Crippen LogP contribution in [0.2, 0.25) is 0 Å². The lowest BCUT2D eigenvalue weighted by atomic mass is 10.2. The number of ether oxygens (including phenoxy) is 1. The van der Waals surface area contributed by atoms with Crippen molar-refractivity contribution >= 4 is 16.5 Å². The van der Waals surface area contributed by atoms with Gasteiger partial charge in [-0.15, -0.1) is 11.3 Å². The molecule has 124 valence electrons. The first-order valence-corrected chi connectivity index (χ1v) is 9.04. The van der Waals surface area contributed by atoms with E-state index in [0.717, 1.165) is 48.1 Å². The van der Waals surface area contributed by atoms with Gasteiger partial charge in [-0.1, -0.05) is 25.5 Å². The van der Waals surface area contributed by atoms with Crippen LogP contribution in [0.5, 0.6) is 5.75 Å². The largest absolute Gasteiger partial charge is 0.494 e. The fourth-order valence-corrected chi connectivity index (χ4v) is 2.94. The normalized spacial score (nSPS) is 10.5. The minimum atomic E-state index is 0.745. The van der Waals surface area contributed by atoms with Crippen LogP contribution >= 0.6 is 11.3 Å². The maximum Gasteiger partial charge on any atom is 0.183 e. The molecule has 1 N–H and O–H groups in total. The Balaban J connectivity index is 1.53. The molecule has 0 aliphatic rings. The van der Waals surface area contributed by atoms with Crippen LogP contribution in [0.15, 0.2) is 54.2 Å². The number of hydrogen-bond acceptors (Lipinski definition) is 5. The third-order valence-electron chi connectivity index (χ3n) is 3.60. The zero-order chi connectivity index (χ0) is 16.6. The van der Waals surface area contributed by atoms with E-state index >= 15 is 0 Å². The molecule has 0 saturated heterocycles. The van der Waals surface area contributed by atoms with Gasteiger partial charge in [0.2, 0.25) is 0 Å². The molecule has 4 nitrogen and oxygen atoms in total. The first kappa shape index (κ1) is 16.5. The number of rotatable bonds is 8. The molecule has 1 aromatic carbocycles. The Kier molecular flexibility index (Phi) is 5.80. The van der Waals surface area contributed by atoms with Crippen molar-refractivity contribution in [3.05, 3.63) is 59.7 Å².